The maximum Gasteiger partial charge on any atom is 0.254 e. The Bertz CT molecular complexity index is 1020. The van der Waals surface area contributed by atoms with Crippen molar-refractivity contribution in [1.29, 1.82) is 0 Å². The maximum absolute atomic E-state index is 12.8. The van der Waals surface area contributed by atoms with E-state index in [1.165, 1.54) is 0 Å². The first-order valence-corrected chi connectivity index (χ1v) is 10.3. The number of hydrogen-bond donors (Lipinski definition) is 1. The Labute approximate surface area is 172 Å². The predicted molar refractivity (Wildman–Crippen MR) is 114 cm³/mol. The number of benzene rings is 3. The van der Waals surface area contributed by atoms with Gasteiger partial charge in [-0.25, -0.2) is 0 Å². The fourth-order valence-electron chi connectivity index (χ4n) is 3.72. The molecule has 4 rings (SSSR count). The molecule has 0 aromatic heterocycles. The summed E-state index contributed by atoms with van der Waals surface area (Å²) in [5, 5.41) is 5.17. The number of carbonyl (C=O) groups excluding carboxylic acids is 2. The number of nitrogens with one attached hydrogen (secondary N) is 1. The molecule has 2 amide bonds. The number of carbonyl (C=O) groups is 2. The zero-order chi connectivity index (χ0) is 19.5. The molecule has 4 nitrogen and oxygen atoms in total. The Morgan fingerprint density at radius 2 is 1.50 bits per heavy atom. The molecule has 0 aliphatic carbocycles. The van der Waals surface area contributed by atoms with Gasteiger partial charge < -0.3 is 10.2 Å². The van der Waals surface area contributed by atoms with Crippen molar-refractivity contribution in [2.24, 2.45) is 0 Å². The molecule has 1 aliphatic rings. The van der Waals surface area contributed by atoms with Crippen molar-refractivity contribution in [3.8, 4) is 0 Å². The van der Waals surface area contributed by atoms with E-state index in [9.17, 15) is 9.59 Å². The van der Waals surface area contributed by atoms with Gasteiger partial charge in [0.05, 0.1) is 5.56 Å². The van der Waals surface area contributed by atoms with Gasteiger partial charge in [-0.1, -0.05) is 48.5 Å². The van der Waals surface area contributed by atoms with Crippen molar-refractivity contribution >= 4 is 38.5 Å². The average molecular weight is 437 g/mol. The van der Waals surface area contributed by atoms with Gasteiger partial charge in [0, 0.05) is 29.2 Å². The van der Waals surface area contributed by atoms with E-state index in [0.717, 1.165) is 28.1 Å². The number of halogens is 1. The van der Waals surface area contributed by atoms with E-state index >= 15 is 0 Å². The van der Waals surface area contributed by atoms with Gasteiger partial charge in [0.2, 0.25) is 0 Å². The molecule has 1 fully saturated rings. The number of rotatable bonds is 3. The molecule has 0 spiro atoms. The lowest BCUT2D eigenvalue weighted by atomic mass is 10.0. The fraction of sp³-hybridized carbons (Fsp3) is 0.217. The molecular weight excluding hydrogens is 416 g/mol. The van der Waals surface area contributed by atoms with E-state index < -0.39 is 0 Å². The van der Waals surface area contributed by atoms with E-state index in [0.29, 0.717) is 24.2 Å². The van der Waals surface area contributed by atoms with Crippen molar-refractivity contribution in [2.75, 3.05) is 13.1 Å². The van der Waals surface area contributed by atoms with Crippen LogP contribution in [0.2, 0.25) is 0 Å². The Balaban J connectivity index is 1.40. The maximum atomic E-state index is 12.8. The lowest BCUT2D eigenvalue weighted by Crippen LogP contribution is -2.46. The van der Waals surface area contributed by atoms with Gasteiger partial charge in [0.15, 0.2) is 0 Å². The monoisotopic (exact) mass is 436 g/mol. The van der Waals surface area contributed by atoms with Gasteiger partial charge in [-0.05, 0) is 57.7 Å². The minimum atomic E-state index is -0.0487. The summed E-state index contributed by atoms with van der Waals surface area (Å²) in [4.78, 5) is 27.4. The number of likely N-dealkylation sites (tertiary alicyclic amines) is 1. The molecule has 0 radical (unpaired) electrons. The number of hydrogen-bond acceptors (Lipinski definition) is 2. The van der Waals surface area contributed by atoms with E-state index in [1.807, 2.05) is 71.6 Å². The zero-order valence-electron chi connectivity index (χ0n) is 15.4. The summed E-state index contributed by atoms with van der Waals surface area (Å²) in [6.45, 7) is 1.28. The van der Waals surface area contributed by atoms with Crippen LogP contribution in [0.1, 0.15) is 33.6 Å². The number of nitrogens with zero attached hydrogens (tertiary/aromatic N) is 1. The zero-order valence-corrected chi connectivity index (χ0v) is 17.0. The third-order valence-electron chi connectivity index (χ3n) is 5.26. The molecule has 1 N–H and O–H groups in total. The molecule has 0 unspecified atom stereocenters. The van der Waals surface area contributed by atoms with Gasteiger partial charge >= 0.3 is 0 Å². The number of piperidine rings is 1. The Hall–Kier alpha value is -2.66. The van der Waals surface area contributed by atoms with E-state index in [2.05, 4.69) is 21.2 Å². The first-order chi connectivity index (χ1) is 13.6. The van der Waals surface area contributed by atoms with Crippen molar-refractivity contribution < 1.29 is 9.59 Å². The largest absolute Gasteiger partial charge is 0.349 e. The molecule has 3 aromatic carbocycles. The summed E-state index contributed by atoms with van der Waals surface area (Å²) in [5.74, 6) is -0.0151. The molecule has 0 saturated carbocycles. The third kappa shape index (κ3) is 3.80. The second-order valence-electron chi connectivity index (χ2n) is 7.05. The third-order valence-corrected chi connectivity index (χ3v) is 5.95. The van der Waals surface area contributed by atoms with Crippen LogP contribution in [0.5, 0.6) is 0 Å². The van der Waals surface area contributed by atoms with Crippen molar-refractivity contribution in [3.05, 3.63) is 82.3 Å². The van der Waals surface area contributed by atoms with Gasteiger partial charge in [0.25, 0.3) is 11.8 Å². The summed E-state index contributed by atoms with van der Waals surface area (Å²) in [6.07, 6.45) is 1.51. The summed E-state index contributed by atoms with van der Waals surface area (Å²) in [6, 6.07) is 21.3. The number of amides is 2. The molecule has 3 aromatic rings. The van der Waals surface area contributed by atoms with E-state index in [1.54, 1.807) is 0 Å². The van der Waals surface area contributed by atoms with Crippen LogP contribution >= 0.6 is 15.9 Å². The van der Waals surface area contributed by atoms with Crippen LogP contribution < -0.4 is 5.32 Å². The highest BCUT2D eigenvalue weighted by molar-refractivity contribution is 9.10. The second-order valence-corrected chi connectivity index (χ2v) is 7.90. The Morgan fingerprint density at radius 1 is 0.857 bits per heavy atom. The van der Waals surface area contributed by atoms with Crippen molar-refractivity contribution in [2.45, 2.75) is 18.9 Å². The molecule has 142 valence electrons. The highest BCUT2D eigenvalue weighted by Gasteiger charge is 2.26. The van der Waals surface area contributed by atoms with Crippen LogP contribution in [0.15, 0.2) is 71.2 Å². The van der Waals surface area contributed by atoms with Gasteiger partial charge in [-0.3, -0.25) is 9.59 Å². The van der Waals surface area contributed by atoms with Crippen LogP contribution in [-0.2, 0) is 0 Å². The van der Waals surface area contributed by atoms with Crippen molar-refractivity contribution in [1.82, 2.24) is 10.2 Å². The molecule has 1 aliphatic heterocycles. The predicted octanol–water partition coefficient (Wildman–Crippen LogP) is 4.64. The van der Waals surface area contributed by atoms with Gasteiger partial charge in [0.1, 0.15) is 0 Å². The van der Waals surface area contributed by atoms with Crippen LogP contribution in [0.3, 0.4) is 0 Å². The normalized spacial score (nSPS) is 14.8. The summed E-state index contributed by atoms with van der Waals surface area (Å²) >= 11 is 3.45. The first-order valence-electron chi connectivity index (χ1n) is 9.46. The quantitative estimate of drug-likeness (QED) is 0.649. The van der Waals surface area contributed by atoms with Crippen LogP contribution in [0.4, 0.5) is 0 Å². The fourth-order valence-corrected chi connectivity index (χ4v) is 4.17. The molecule has 5 heteroatoms. The second kappa shape index (κ2) is 8.15. The van der Waals surface area contributed by atoms with Gasteiger partial charge in [-0.15, -0.1) is 0 Å². The SMILES string of the molecule is O=C(NC1CCN(C(=O)c2ccccc2Br)CC1)c1cccc2ccccc12. The topological polar surface area (TPSA) is 49.4 Å². The van der Waals surface area contributed by atoms with E-state index in [-0.39, 0.29) is 17.9 Å². The lowest BCUT2D eigenvalue weighted by molar-refractivity contribution is 0.0697. The summed E-state index contributed by atoms with van der Waals surface area (Å²) < 4.78 is 0.811. The highest BCUT2D eigenvalue weighted by Crippen LogP contribution is 2.22. The van der Waals surface area contributed by atoms with Gasteiger partial charge in [-0.2, -0.15) is 0 Å². The van der Waals surface area contributed by atoms with Crippen molar-refractivity contribution in [3.63, 3.8) is 0 Å². The highest BCUT2D eigenvalue weighted by atomic mass is 79.9. The number of fused-ring (bicyclic) bond motifs is 1. The molecule has 28 heavy (non-hydrogen) atoms. The Kier molecular flexibility index (Phi) is 5.44. The molecule has 1 saturated heterocycles. The molecule has 0 bridgehead atoms. The standard InChI is InChI=1S/C23H21BrN2O2/c24-21-11-4-3-9-20(21)23(28)26-14-12-17(13-15-26)25-22(27)19-10-5-7-16-6-1-2-8-18(16)19/h1-11,17H,12-15H2,(H,25,27). The van der Waals surface area contributed by atoms with Crippen LogP contribution in [0, 0.1) is 0 Å². The molecular formula is C23H21BrN2O2. The van der Waals surface area contributed by atoms with Crippen LogP contribution in [0.25, 0.3) is 10.8 Å². The first kappa shape index (κ1) is 18.7. The minimum absolute atomic E-state index is 0.0336. The summed E-state index contributed by atoms with van der Waals surface area (Å²) in [5.41, 5.74) is 1.38. The molecule has 0 atom stereocenters. The Morgan fingerprint density at radius 3 is 2.29 bits per heavy atom. The molecule has 1 heterocycles. The average Bonchev–Trinajstić information content (AvgIpc) is 2.73. The summed E-state index contributed by atoms with van der Waals surface area (Å²) in [7, 11) is 0. The van der Waals surface area contributed by atoms with Crippen LogP contribution in [-0.4, -0.2) is 35.8 Å². The lowest BCUT2D eigenvalue weighted by Gasteiger charge is -2.32. The smallest absolute Gasteiger partial charge is 0.254 e. The minimum Gasteiger partial charge on any atom is -0.349 e. The van der Waals surface area contributed by atoms with E-state index in [4.69, 9.17) is 0 Å².